The summed E-state index contributed by atoms with van der Waals surface area (Å²) in [5.74, 6) is 0.905. The van der Waals surface area contributed by atoms with Crippen molar-refractivity contribution in [1.29, 1.82) is 0 Å². The molecule has 0 radical (unpaired) electrons. The number of H-pyrrole nitrogens is 1. The molecule has 3 atom stereocenters. The Hall–Kier alpha value is -3.37. The first-order valence-corrected chi connectivity index (χ1v) is 12.0. The van der Waals surface area contributed by atoms with Gasteiger partial charge in [0.25, 0.3) is 0 Å². The third-order valence-electron chi connectivity index (χ3n) is 6.49. The number of amides is 1. The average molecular weight is 486 g/mol. The molecule has 2 fully saturated rings. The number of hydrogen-bond acceptors (Lipinski definition) is 9. The van der Waals surface area contributed by atoms with Gasteiger partial charge >= 0.3 is 12.1 Å². The number of piperidine rings is 2. The van der Waals surface area contributed by atoms with Crippen LogP contribution in [-0.4, -0.2) is 75.0 Å². The largest absolute Gasteiger partial charge is 0.464 e. The van der Waals surface area contributed by atoms with E-state index < -0.39 is 11.6 Å². The standard InChI is InChI=1S/C24H35N7O4/c1-14-10-20(29-28-14)26-19-13-18(21(32)34-6)25-22(27-19)30(5)17-11-15-8-7-9-16(12-17)31(15)23(33)35-24(2,3)4/h10,13,15-17H,7-9,11-12H2,1-6H3,(H2,25,26,27,28,29)/t15-,16+,17-. The molecule has 2 saturated heterocycles. The average Bonchev–Trinajstić information content (AvgIpc) is 3.20. The maximum atomic E-state index is 12.9. The zero-order chi connectivity index (χ0) is 25.3. The van der Waals surface area contributed by atoms with E-state index in [2.05, 4.69) is 25.5 Å². The van der Waals surface area contributed by atoms with Crippen LogP contribution >= 0.6 is 0 Å². The molecular weight excluding hydrogens is 450 g/mol. The second kappa shape index (κ2) is 9.71. The van der Waals surface area contributed by atoms with Crippen molar-refractivity contribution < 1.29 is 19.1 Å². The molecule has 2 bridgehead atoms. The minimum absolute atomic E-state index is 0.0956. The van der Waals surface area contributed by atoms with Gasteiger partial charge in [0.05, 0.1) is 7.11 Å². The fourth-order valence-electron chi connectivity index (χ4n) is 4.92. The fraction of sp³-hybridized carbons (Fsp3) is 0.625. The van der Waals surface area contributed by atoms with Gasteiger partial charge in [-0.25, -0.2) is 14.6 Å². The van der Waals surface area contributed by atoms with Crippen LogP contribution in [0, 0.1) is 6.92 Å². The van der Waals surface area contributed by atoms with Crippen molar-refractivity contribution >= 4 is 29.6 Å². The lowest BCUT2D eigenvalue weighted by Crippen LogP contribution is -2.59. The molecule has 0 aliphatic carbocycles. The van der Waals surface area contributed by atoms with Crippen LogP contribution in [-0.2, 0) is 9.47 Å². The predicted molar refractivity (Wildman–Crippen MR) is 131 cm³/mol. The van der Waals surface area contributed by atoms with Gasteiger partial charge in [-0.2, -0.15) is 10.1 Å². The number of nitrogens with one attached hydrogen (secondary N) is 2. The molecule has 0 spiro atoms. The number of aromatic nitrogens is 4. The number of esters is 1. The molecule has 2 aromatic heterocycles. The molecule has 4 heterocycles. The molecule has 2 aliphatic rings. The highest BCUT2D eigenvalue weighted by atomic mass is 16.6. The summed E-state index contributed by atoms with van der Waals surface area (Å²) >= 11 is 0. The Morgan fingerprint density at radius 3 is 2.40 bits per heavy atom. The highest BCUT2D eigenvalue weighted by Gasteiger charge is 2.44. The zero-order valence-electron chi connectivity index (χ0n) is 21.3. The number of carbonyl (C=O) groups is 2. The molecule has 2 aromatic rings. The smallest absolute Gasteiger partial charge is 0.410 e. The van der Waals surface area contributed by atoms with E-state index in [1.807, 2.05) is 50.6 Å². The number of anilines is 3. The second-order valence-corrected chi connectivity index (χ2v) is 10.4. The second-order valence-electron chi connectivity index (χ2n) is 10.4. The molecule has 35 heavy (non-hydrogen) atoms. The zero-order valence-corrected chi connectivity index (χ0v) is 21.3. The topological polar surface area (TPSA) is 126 Å². The van der Waals surface area contributed by atoms with Crippen molar-refractivity contribution in [1.82, 2.24) is 25.1 Å². The van der Waals surface area contributed by atoms with Gasteiger partial charge in [-0.15, -0.1) is 0 Å². The van der Waals surface area contributed by atoms with Gasteiger partial charge in [-0.3, -0.25) is 5.10 Å². The summed E-state index contributed by atoms with van der Waals surface area (Å²) in [4.78, 5) is 38.4. The van der Waals surface area contributed by atoms with E-state index in [4.69, 9.17) is 9.47 Å². The summed E-state index contributed by atoms with van der Waals surface area (Å²) in [6.07, 6.45) is 4.29. The number of hydrogen-bond donors (Lipinski definition) is 2. The van der Waals surface area contributed by atoms with Gasteiger partial charge in [0, 0.05) is 43.0 Å². The molecule has 11 nitrogen and oxygen atoms in total. The summed E-state index contributed by atoms with van der Waals surface area (Å²) in [5, 5.41) is 10.2. The van der Waals surface area contributed by atoms with Crippen LogP contribution in [0.2, 0.25) is 0 Å². The quantitative estimate of drug-likeness (QED) is 0.608. The lowest BCUT2D eigenvalue weighted by Gasteiger charge is -2.50. The minimum atomic E-state index is -0.542. The molecule has 0 saturated carbocycles. The molecule has 0 aromatic carbocycles. The third kappa shape index (κ3) is 5.66. The van der Waals surface area contributed by atoms with Crippen molar-refractivity contribution in [3.05, 3.63) is 23.5 Å². The lowest BCUT2D eigenvalue weighted by molar-refractivity contribution is -0.0214. The summed E-state index contributed by atoms with van der Waals surface area (Å²) in [5.41, 5.74) is 0.526. The van der Waals surface area contributed by atoms with Crippen LogP contribution in [0.5, 0.6) is 0 Å². The molecule has 190 valence electrons. The van der Waals surface area contributed by atoms with Crippen LogP contribution in [0.3, 0.4) is 0 Å². The lowest BCUT2D eigenvalue weighted by atomic mass is 9.81. The van der Waals surface area contributed by atoms with Crippen molar-refractivity contribution in [2.24, 2.45) is 0 Å². The Morgan fingerprint density at radius 1 is 1.14 bits per heavy atom. The number of aromatic amines is 1. The molecule has 1 amide bonds. The Bertz CT molecular complexity index is 1070. The van der Waals surface area contributed by atoms with E-state index in [-0.39, 0.29) is 29.9 Å². The van der Waals surface area contributed by atoms with E-state index in [0.29, 0.717) is 17.6 Å². The highest BCUT2D eigenvalue weighted by molar-refractivity contribution is 5.88. The van der Waals surface area contributed by atoms with Gasteiger partial charge < -0.3 is 24.6 Å². The normalized spacial score (nSPS) is 21.9. The molecule has 4 rings (SSSR count). The van der Waals surface area contributed by atoms with E-state index in [1.165, 1.54) is 7.11 Å². The fourth-order valence-corrected chi connectivity index (χ4v) is 4.92. The summed E-state index contributed by atoms with van der Waals surface area (Å²) in [7, 11) is 3.26. The van der Waals surface area contributed by atoms with Gasteiger partial charge in [0.1, 0.15) is 11.4 Å². The number of carbonyl (C=O) groups excluding carboxylic acids is 2. The first-order chi connectivity index (χ1) is 16.5. The molecule has 0 unspecified atom stereocenters. The number of nitrogens with zero attached hydrogens (tertiary/aromatic N) is 5. The SMILES string of the molecule is COC(=O)c1cc(Nc2cc(C)[nH]n2)nc(N(C)[C@@H]2C[C@H]3CCC[C@@H](C2)N3C(=O)OC(C)(C)C)n1. The molecule has 11 heteroatoms. The maximum Gasteiger partial charge on any atom is 0.410 e. The van der Waals surface area contributed by atoms with Crippen LogP contribution in [0.25, 0.3) is 0 Å². The van der Waals surface area contributed by atoms with Crippen LogP contribution in [0.4, 0.5) is 22.4 Å². The van der Waals surface area contributed by atoms with E-state index in [1.54, 1.807) is 6.07 Å². The Balaban J connectivity index is 1.56. The van der Waals surface area contributed by atoms with Crippen molar-refractivity contribution in [2.45, 2.75) is 83.5 Å². The van der Waals surface area contributed by atoms with Gasteiger partial charge in [-0.05, 0) is 59.8 Å². The number of rotatable bonds is 5. The van der Waals surface area contributed by atoms with E-state index in [9.17, 15) is 9.59 Å². The Kier molecular flexibility index (Phi) is 6.86. The van der Waals surface area contributed by atoms with Crippen LogP contribution in [0.15, 0.2) is 12.1 Å². The number of fused-ring (bicyclic) bond motifs is 2. The number of methoxy groups -OCH3 is 1. The monoisotopic (exact) mass is 485 g/mol. The van der Waals surface area contributed by atoms with E-state index in [0.717, 1.165) is 37.8 Å². The summed E-state index contributed by atoms with van der Waals surface area (Å²) in [6, 6.07) is 3.69. The van der Waals surface area contributed by atoms with Gasteiger partial charge in [0.2, 0.25) is 5.95 Å². The molecular formula is C24H35N7O4. The molecule has 2 aliphatic heterocycles. The number of aryl methyl sites for hydroxylation is 1. The maximum absolute atomic E-state index is 12.9. The van der Waals surface area contributed by atoms with Crippen molar-refractivity contribution in [3.63, 3.8) is 0 Å². The summed E-state index contributed by atoms with van der Waals surface area (Å²) in [6.45, 7) is 7.58. The van der Waals surface area contributed by atoms with E-state index >= 15 is 0 Å². The highest BCUT2D eigenvalue weighted by Crippen LogP contribution is 2.37. The summed E-state index contributed by atoms with van der Waals surface area (Å²) < 4.78 is 10.6. The van der Waals surface area contributed by atoms with Crippen LogP contribution < -0.4 is 10.2 Å². The Morgan fingerprint density at radius 2 is 1.83 bits per heavy atom. The van der Waals surface area contributed by atoms with Crippen molar-refractivity contribution in [3.8, 4) is 0 Å². The number of ether oxygens (including phenoxy) is 2. The Labute approximate surface area is 205 Å². The first-order valence-electron chi connectivity index (χ1n) is 12.0. The van der Waals surface area contributed by atoms with Gasteiger partial charge in [0.15, 0.2) is 11.5 Å². The minimum Gasteiger partial charge on any atom is -0.464 e. The van der Waals surface area contributed by atoms with Crippen molar-refractivity contribution in [2.75, 3.05) is 24.4 Å². The first kappa shape index (κ1) is 24.7. The van der Waals surface area contributed by atoms with Crippen LogP contribution in [0.1, 0.15) is 69.1 Å². The third-order valence-corrected chi connectivity index (χ3v) is 6.49. The molecule has 2 N–H and O–H groups in total. The predicted octanol–water partition coefficient (Wildman–Crippen LogP) is 3.80. The van der Waals surface area contributed by atoms with Gasteiger partial charge in [-0.1, -0.05) is 0 Å².